The minimum Gasteiger partial charge on any atom is -0.367 e. The third-order valence-electron chi connectivity index (χ3n) is 6.10. The second kappa shape index (κ2) is 8.28. The average Bonchev–Trinajstić information content (AvgIpc) is 3.10. The van der Waals surface area contributed by atoms with E-state index in [2.05, 4.69) is 10.4 Å². The fraction of sp³-hybridized carbons (Fsp3) is 0.524. The van der Waals surface area contributed by atoms with Gasteiger partial charge in [-0.1, -0.05) is 0 Å². The zero-order valence-corrected chi connectivity index (χ0v) is 16.6. The summed E-state index contributed by atoms with van der Waals surface area (Å²) in [5.41, 5.74) is 0.730. The fourth-order valence-electron chi connectivity index (χ4n) is 4.51. The Hall–Kier alpha value is -2.58. The van der Waals surface area contributed by atoms with E-state index in [9.17, 15) is 22.4 Å². The largest absolute Gasteiger partial charge is 0.367 e. The molecule has 1 amide bonds. The summed E-state index contributed by atoms with van der Waals surface area (Å²) < 4.78 is 55.7. The van der Waals surface area contributed by atoms with Crippen LogP contribution in [0, 0.1) is 24.5 Å². The number of anilines is 1. The molecule has 0 unspecified atom stereocenters. The summed E-state index contributed by atoms with van der Waals surface area (Å²) >= 11 is 0. The van der Waals surface area contributed by atoms with Gasteiger partial charge >= 0.3 is 0 Å². The monoisotopic (exact) mass is 424 g/mol. The molecule has 2 aliphatic heterocycles. The number of alkyl halides is 2. The minimum atomic E-state index is -2.50. The zero-order valence-electron chi connectivity index (χ0n) is 16.6. The Labute approximate surface area is 172 Å². The number of amides is 1. The molecule has 0 bridgehead atoms. The number of rotatable bonds is 4. The Morgan fingerprint density at radius 1 is 1.23 bits per heavy atom. The van der Waals surface area contributed by atoms with Gasteiger partial charge in [0.15, 0.2) is 0 Å². The smallest absolute Gasteiger partial charge is 0.260 e. The number of hydrogen-bond donors (Lipinski definition) is 1. The zero-order chi connectivity index (χ0) is 21.4. The average molecular weight is 424 g/mol. The second-order valence-electron chi connectivity index (χ2n) is 8.13. The van der Waals surface area contributed by atoms with E-state index >= 15 is 0 Å². The molecule has 1 aromatic heterocycles. The number of halogens is 4. The van der Waals surface area contributed by atoms with E-state index in [1.54, 1.807) is 17.9 Å². The first-order valence-electron chi connectivity index (χ1n) is 10.1. The molecule has 9 heteroatoms. The van der Waals surface area contributed by atoms with Crippen LogP contribution in [0.3, 0.4) is 0 Å². The van der Waals surface area contributed by atoms with Crippen LogP contribution in [0.2, 0.25) is 0 Å². The molecule has 0 radical (unpaired) electrons. The predicted molar refractivity (Wildman–Crippen MR) is 103 cm³/mol. The fourth-order valence-corrected chi connectivity index (χ4v) is 4.51. The highest BCUT2D eigenvalue weighted by atomic mass is 19.3. The molecule has 30 heavy (non-hydrogen) atoms. The number of hydrogen-bond acceptors (Lipinski definition) is 3. The standard InChI is InChI=1S/C21H24F4N4O/c1-12-8-19-26-17(11-18(21(24)25)29(19)27-12)13-4-6-28(7-5-13)20(30)10-14-9-15(22)2-3-16(14)23/h2-3,8-9,13,17-18,21,26H,4-7,10-11H2,1H3/t17-,18+/m0/s1. The third-order valence-corrected chi connectivity index (χ3v) is 6.10. The van der Waals surface area contributed by atoms with Crippen LogP contribution in [-0.2, 0) is 11.2 Å². The summed E-state index contributed by atoms with van der Waals surface area (Å²) in [4.78, 5) is 14.2. The van der Waals surface area contributed by atoms with Gasteiger partial charge in [-0.3, -0.25) is 4.79 Å². The molecule has 2 aliphatic rings. The molecule has 1 aromatic carbocycles. The maximum Gasteiger partial charge on any atom is 0.260 e. The van der Waals surface area contributed by atoms with Crippen LogP contribution in [0.5, 0.6) is 0 Å². The van der Waals surface area contributed by atoms with Crippen LogP contribution in [0.4, 0.5) is 23.4 Å². The summed E-state index contributed by atoms with van der Waals surface area (Å²) in [6.45, 7) is 2.71. The van der Waals surface area contributed by atoms with Gasteiger partial charge in [0.25, 0.3) is 6.43 Å². The Morgan fingerprint density at radius 2 is 1.97 bits per heavy atom. The first-order valence-corrected chi connectivity index (χ1v) is 10.1. The van der Waals surface area contributed by atoms with Gasteiger partial charge in [-0.05, 0) is 50.3 Å². The van der Waals surface area contributed by atoms with Crippen LogP contribution in [0.1, 0.15) is 36.6 Å². The van der Waals surface area contributed by atoms with Gasteiger partial charge in [-0.2, -0.15) is 5.10 Å². The molecule has 4 rings (SSSR count). The van der Waals surface area contributed by atoms with Gasteiger partial charge in [-0.15, -0.1) is 0 Å². The maximum atomic E-state index is 13.8. The van der Waals surface area contributed by atoms with E-state index in [1.807, 2.05) is 0 Å². The summed E-state index contributed by atoms with van der Waals surface area (Å²) in [7, 11) is 0. The number of nitrogens with zero attached hydrogens (tertiary/aromatic N) is 3. The van der Waals surface area contributed by atoms with Crippen molar-refractivity contribution in [1.82, 2.24) is 14.7 Å². The summed E-state index contributed by atoms with van der Waals surface area (Å²) in [5, 5.41) is 7.53. The highest BCUT2D eigenvalue weighted by Crippen LogP contribution is 2.37. The number of carbonyl (C=O) groups is 1. The molecule has 1 fully saturated rings. The van der Waals surface area contributed by atoms with Gasteiger partial charge in [0.1, 0.15) is 23.5 Å². The van der Waals surface area contributed by atoms with Gasteiger partial charge in [-0.25, -0.2) is 22.2 Å². The van der Waals surface area contributed by atoms with Crippen LogP contribution >= 0.6 is 0 Å². The third kappa shape index (κ3) is 4.15. The molecule has 1 N–H and O–H groups in total. The lowest BCUT2D eigenvalue weighted by atomic mass is 9.85. The number of carbonyl (C=O) groups excluding carboxylic acids is 1. The topological polar surface area (TPSA) is 50.2 Å². The van der Waals surface area contributed by atoms with Gasteiger partial charge < -0.3 is 10.2 Å². The van der Waals surface area contributed by atoms with Crippen molar-refractivity contribution in [3.63, 3.8) is 0 Å². The van der Waals surface area contributed by atoms with E-state index in [0.29, 0.717) is 37.4 Å². The summed E-state index contributed by atoms with van der Waals surface area (Å²) in [5.74, 6) is -0.687. The molecule has 2 aromatic rings. The Morgan fingerprint density at radius 3 is 2.67 bits per heavy atom. The molecule has 3 heterocycles. The van der Waals surface area contributed by atoms with E-state index < -0.39 is 24.1 Å². The van der Waals surface area contributed by atoms with Gasteiger partial charge in [0.05, 0.1) is 12.1 Å². The first-order chi connectivity index (χ1) is 14.3. The van der Waals surface area contributed by atoms with Crippen molar-refractivity contribution in [2.24, 2.45) is 5.92 Å². The van der Waals surface area contributed by atoms with Crippen molar-refractivity contribution < 1.29 is 22.4 Å². The molecule has 2 atom stereocenters. The van der Waals surface area contributed by atoms with Crippen LogP contribution in [0.15, 0.2) is 24.3 Å². The predicted octanol–water partition coefficient (Wildman–Crippen LogP) is 3.94. The SMILES string of the molecule is Cc1cc2n(n1)[C@@H](C(F)F)C[C@@H](C1CCN(C(=O)Cc3cc(F)ccc3F)CC1)N2. The molecule has 0 aliphatic carbocycles. The molecule has 162 valence electrons. The van der Waals surface area contributed by atoms with Crippen molar-refractivity contribution >= 4 is 11.7 Å². The number of aromatic nitrogens is 2. The number of benzene rings is 1. The van der Waals surface area contributed by atoms with E-state index in [0.717, 1.165) is 18.2 Å². The van der Waals surface area contributed by atoms with Crippen LogP contribution in [0.25, 0.3) is 0 Å². The molecule has 1 saturated heterocycles. The summed E-state index contributed by atoms with van der Waals surface area (Å²) in [6, 6.07) is 3.77. The molecule has 0 saturated carbocycles. The normalized spacial score (nSPS) is 22.1. The Bertz CT molecular complexity index is 924. The number of fused-ring (bicyclic) bond motifs is 1. The second-order valence-corrected chi connectivity index (χ2v) is 8.13. The maximum absolute atomic E-state index is 13.8. The molecule has 5 nitrogen and oxygen atoms in total. The molecular weight excluding hydrogens is 400 g/mol. The van der Waals surface area contributed by atoms with Crippen molar-refractivity contribution in [3.8, 4) is 0 Å². The van der Waals surface area contributed by atoms with Crippen LogP contribution in [-0.4, -0.2) is 46.1 Å². The Balaban J connectivity index is 1.37. The van der Waals surface area contributed by atoms with Gasteiger partial charge in [0.2, 0.25) is 5.91 Å². The van der Waals surface area contributed by atoms with Crippen molar-refractivity contribution in [2.45, 2.75) is 51.1 Å². The highest BCUT2D eigenvalue weighted by Gasteiger charge is 2.38. The van der Waals surface area contributed by atoms with E-state index in [-0.39, 0.29) is 36.3 Å². The number of likely N-dealkylation sites (tertiary alicyclic amines) is 1. The van der Waals surface area contributed by atoms with E-state index in [1.165, 1.54) is 4.68 Å². The lowest BCUT2D eigenvalue weighted by molar-refractivity contribution is -0.132. The quantitative estimate of drug-likeness (QED) is 0.757. The lowest BCUT2D eigenvalue weighted by Gasteiger charge is -2.40. The van der Waals surface area contributed by atoms with Crippen molar-refractivity contribution in [3.05, 3.63) is 47.2 Å². The van der Waals surface area contributed by atoms with Crippen LogP contribution < -0.4 is 5.32 Å². The first kappa shape index (κ1) is 20.7. The molecule has 0 spiro atoms. The minimum absolute atomic E-state index is 0.0412. The van der Waals surface area contributed by atoms with E-state index in [4.69, 9.17) is 0 Å². The lowest BCUT2D eigenvalue weighted by Crippen LogP contribution is -2.46. The number of nitrogens with one attached hydrogen (secondary N) is 1. The van der Waals surface area contributed by atoms with Crippen molar-refractivity contribution in [2.75, 3.05) is 18.4 Å². The highest BCUT2D eigenvalue weighted by molar-refractivity contribution is 5.79. The molecular formula is C21H24F4N4O. The number of piperidine rings is 1. The Kier molecular flexibility index (Phi) is 5.71. The van der Waals surface area contributed by atoms with Crippen molar-refractivity contribution in [1.29, 1.82) is 0 Å². The number of aryl methyl sites for hydroxylation is 1. The summed E-state index contributed by atoms with van der Waals surface area (Å²) in [6.07, 6.45) is -1.09. The van der Waals surface area contributed by atoms with Gasteiger partial charge in [0, 0.05) is 30.8 Å².